The van der Waals surface area contributed by atoms with E-state index in [1.165, 1.54) is 26.1 Å². The van der Waals surface area contributed by atoms with Crippen LogP contribution in [0.2, 0.25) is 0 Å². The number of nitrogens with zero attached hydrogens (tertiary/aromatic N) is 3. The highest BCUT2D eigenvalue weighted by Crippen LogP contribution is 2.16. The standard InChI is InChI=1S/C13H22N4/c1-3-17-7-4-12(10-17)8-16-11(2)13-9-14-5-6-15-13/h5-6,9,11-12,16H,3-4,7-8,10H2,1-2H3. The third-order valence-electron chi connectivity index (χ3n) is 3.56. The van der Waals surface area contributed by atoms with Crippen LogP contribution in [0.5, 0.6) is 0 Å². The molecule has 1 aliphatic heterocycles. The lowest BCUT2D eigenvalue weighted by atomic mass is 10.1. The Morgan fingerprint density at radius 3 is 3.06 bits per heavy atom. The molecule has 0 saturated carbocycles. The van der Waals surface area contributed by atoms with Gasteiger partial charge in [0.2, 0.25) is 0 Å². The van der Waals surface area contributed by atoms with Gasteiger partial charge in [0.1, 0.15) is 0 Å². The molecule has 0 aliphatic carbocycles. The zero-order valence-corrected chi connectivity index (χ0v) is 10.8. The molecule has 2 rings (SSSR count). The molecule has 0 bridgehead atoms. The van der Waals surface area contributed by atoms with Crippen LogP contribution in [0.1, 0.15) is 32.0 Å². The van der Waals surface area contributed by atoms with E-state index in [-0.39, 0.29) is 0 Å². The summed E-state index contributed by atoms with van der Waals surface area (Å²) in [6.07, 6.45) is 6.62. The molecule has 0 amide bonds. The zero-order valence-electron chi connectivity index (χ0n) is 10.8. The van der Waals surface area contributed by atoms with E-state index in [1.807, 2.05) is 6.20 Å². The number of hydrogen-bond acceptors (Lipinski definition) is 4. The zero-order chi connectivity index (χ0) is 12.1. The van der Waals surface area contributed by atoms with Gasteiger partial charge in [0.25, 0.3) is 0 Å². The van der Waals surface area contributed by atoms with Crippen molar-refractivity contribution in [2.75, 3.05) is 26.2 Å². The molecular formula is C13H22N4. The van der Waals surface area contributed by atoms with Crippen molar-refractivity contribution >= 4 is 0 Å². The fourth-order valence-corrected chi connectivity index (χ4v) is 2.35. The minimum atomic E-state index is 0.291. The molecule has 17 heavy (non-hydrogen) atoms. The minimum absolute atomic E-state index is 0.291. The average molecular weight is 234 g/mol. The summed E-state index contributed by atoms with van der Waals surface area (Å²) in [7, 11) is 0. The van der Waals surface area contributed by atoms with E-state index in [4.69, 9.17) is 0 Å². The average Bonchev–Trinajstić information content (AvgIpc) is 2.85. The van der Waals surface area contributed by atoms with Gasteiger partial charge in [-0.3, -0.25) is 9.97 Å². The van der Waals surface area contributed by atoms with Crippen molar-refractivity contribution in [3.8, 4) is 0 Å². The van der Waals surface area contributed by atoms with Crippen LogP contribution in [0.15, 0.2) is 18.6 Å². The lowest BCUT2D eigenvalue weighted by Crippen LogP contribution is -2.28. The largest absolute Gasteiger partial charge is 0.308 e. The first-order valence-corrected chi connectivity index (χ1v) is 6.51. The monoisotopic (exact) mass is 234 g/mol. The maximum atomic E-state index is 4.32. The molecule has 4 nitrogen and oxygen atoms in total. The highest BCUT2D eigenvalue weighted by Gasteiger charge is 2.21. The van der Waals surface area contributed by atoms with Gasteiger partial charge < -0.3 is 10.2 Å². The van der Waals surface area contributed by atoms with Crippen LogP contribution in [-0.2, 0) is 0 Å². The second-order valence-electron chi connectivity index (χ2n) is 4.81. The van der Waals surface area contributed by atoms with Gasteiger partial charge in [-0.1, -0.05) is 6.92 Å². The van der Waals surface area contributed by atoms with Crippen LogP contribution in [0.25, 0.3) is 0 Å². The van der Waals surface area contributed by atoms with Crippen LogP contribution < -0.4 is 5.32 Å². The maximum Gasteiger partial charge on any atom is 0.0753 e. The van der Waals surface area contributed by atoms with Gasteiger partial charge in [-0.15, -0.1) is 0 Å². The first-order chi connectivity index (χ1) is 8.29. The number of aromatic nitrogens is 2. The van der Waals surface area contributed by atoms with Crippen molar-refractivity contribution < 1.29 is 0 Å². The van der Waals surface area contributed by atoms with Crippen LogP contribution in [-0.4, -0.2) is 41.0 Å². The molecule has 2 heterocycles. The van der Waals surface area contributed by atoms with E-state index >= 15 is 0 Å². The molecular weight excluding hydrogens is 212 g/mol. The van der Waals surface area contributed by atoms with E-state index in [0.29, 0.717) is 6.04 Å². The summed E-state index contributed by atoms with van der Waals surface area (Å²) in [5.41, 5.74) is 1.03. The Hall–Kier alpha value is -1.00. The van der Waals surface area contributed by atoms with Crippen molar-refractivity contribution in [1.82, 2.24) is 20.2 Å². The summed E-state index contributed by atoms with van der Waals surface area (Å²) in [6.45, 7) is 9.12. The Labute approximate surface area is 103 Å². The quantitative estimate of drug-likeness (QED) is 0.837. The first kappa shape index (κ1) is 12.5. The molecule has 1 aliphatic rings. The smallest absolute Gasteiger partial charge is 0.0753 e. The van der Waals surface area contributed by atoms with Crippen molar-refractivity contribution in [2.24, 2.45) is 5.92 Å². The molecule has 0 aromatic carbocycles. The third kappa shape index (κ3) is 3.48. The van der Waals surface area contributed by atoms with E-state index in [9.17, 15) is 0 Å². The van der Waals surface area contributed by atoms with Gasteiger partial charge in [0.15, 0.2) is 0 Å². The van der Waals surface area contributed by atoms with Gasteiger partial charge >= 0.3 is 0 Å². The van der Waals surface area contributed by atoms with Crippen molar-refractivity contribution in [3.63, 3.8) is 0 Å². The van der Waals surface area contributed by atoms with Crippen molar-refractivity contribution in [1.29, 1.82) is 0 Å². The normalized spacial score (nSPS) is 22.8. The molecule has 2 unspecified atom stereocenters. The molecule has 1 aromatic rings. The van der Waals surface area contributed by atoms with Crippen LogP contribution in [0, 0.1) is 5.92 Å². The third-order valence-corrected chi connectivity index (χ3v) is 3.56. The van der Waals surface area contributed by atoms with E-state index < -0.39 is 0 Å². The summed E-state index contributed by atoms with van der Waals surface area (Å²) >= 11 is 0. The predicted molar refractivity (Wildman–Crippen MR) is 68.7 cm³/mol. The first-order valence-electron chi connectivity index (χ1n) is 6.51. The topological polar surface area (TPSA) is 41.0 Å². The fraction of sp³-hybridized carbons (Fsp3) is 0.692. The van der Waals surface area contributed by atoms with Gasteiger partial charge in [0.05, 0.1) is 5.69 Å². The van der Waals surface area contributed by atoms with E-state index in [0.717, 1.165) is 18.2 Å². The Balaban J connectivity index is 1.75. The Morgan fingerprint density at radius 1 is 1.53 bits per heavy atom. The van der Waals surface area contributed by atoms with Crippen molar-refractivity contribution in [2.45, 2.75) is 26.3 Å². The second kappa shape index (κ2) is 6.07. The van der Waals surface area contributed by atoms with Crippen LogP contribution >= 0.6 is 0 Å². The maximum absolute atomic E-state index is 4.32. The molecule has 1 aromatic heterocycles. The van der Waals surface area contributed by atoms with E-state index in [1.54, 1.807) is 12.4 Å². The molecule has 1 N–H and O–H groups in total. The van der Waals surface area contributed by atoms with Gasteiger partial charge in [-0.2, -0.15) is 0 Å². The summed E-state index contributed by atoms with van der Waals surface area (Å²) in [5.74, 6) is 0.786. The predicted octanol–water partition coefficient (Wildman–Crippen LogP) is 1.47. The molecule has 0 radical (unpaired) electrons. The SMILES string of the molecule is CCN1CCC(CNC(C)c2cnccn2)C1. The van der Waals surface area contributed by atoms with Gasteiger partial charge in [-0.05, 0) is 38.9 Å². The van der Waals surface area contributed by atoms with Crippen LogP contribution in [0.4, 0.5) is 0 Å². The van der Waals surface area contributed by atoms with Gasteiger partial charge in [-0.25, -0.2) is 0 Å². The molecule has 1 fully saturated rings. The summed E-state index contributed by atoms with van der Waals surface area (Å²) in [6, 6.07) is 0.291. The van der Waals surface area contributed by atoms with E-state index in [2.05, 4.69) is 34.0 Å². The lowest BCUT2D eigenvalue weighted by Gasteiger charge is -2.17. The summed E-state index contributed by atoms with van der Waals surface area (Å²) in [4.78, 5) is 10.9. The number of nitrogens with one attached hydrogen (secondary N) is 1. The van der Waals surface area contributed by atoms with Crippen LogP contribution in [0.3, 0.4) is 0 Å². The highest BCUT2D eigenvalue weighted by atomic mass is 15.1. The fourth-order valence-electron chi connectivity index (χ4n) is 2.35. The minimum Gasteiger partial charge on any atom is -0.308 e. The molecule has 94 valence electrons. The second-order valence-corrected chi connectivity index (χ2v) is 4.81. The number of rotatable bonds is 5. The summed E-state index contributed by atoms with van der Waals surface area (Å²) in [5, 5.41) is 3.56. The molecule has 4 heteroatoms. The van der Waals surface area contributed by atoms with Gasteiger partial charge in [0, 0.05) is 31.2 Å². The molecule has 0 spiro atoms. The van der Waals surface area contributed by atoms with Crippen molar-refractivity contribution in [3.05, 3.63) is 24.3 Å². The Bertz CT molecular complexity index is 327. The molecule has 2 atom stereocenters. The Kier molecular flexibility index (Phi) is 4.45. The number of hydrogen-bond donors (Lipinski definition) is 1. The summed E-state index contributed by atoms with van der Waals surface area (Å²) < 4.78 is 0. The Morgan fingerprint density at radius 2 is 2.41 bits per heavy atom. The number of likely N-dealkylation sites (tertiary alicyclic amines) is 1. The highest BCUT2D eigenvalue weighted by molar-refractivity contribution is 5.00. The molecule has 1 saturated heterocycles. The lowest BCUT2D eigenvalue weighted by molar-refractivity contribution is 0.336.